The molecule has 1 amide bonds. The molecule has 0 spiro atoms. The van der Waals surface area contributed by atoms with Crippen LogP contribution in [0.25, 0.3) is 16.3 Å². The summed E-state index contributed by atoms with van der Waals surface area (Å²) in [6, 6.07) is 8.54. The highest BCUT2D eigenvalue weighted by Gasteiger charge is 2.18. The first kappa shape index (κ1) is 16.3. The third-order valence-electron chi connectivity index (χ3n) is 3.75. The van der Waals surface area contributed by atoms with E-state index >= 15 is 0 Å². The quantitative estimate of drug-likeness (QED) is 0.592. The van der Waals surface area contributed by atoms with Gasteiger partial charge in [-0.15, -0.1) is 11.3 Å². The second-order valence-electron chi connectivity index (χ2n) is 5.57. The lowest BCUT2D eigenvalue weighted by Crippen LogP contribution is -2.15. The summed E-state index contributed by atoms with van der Waals surface area (Å²) in [7, 11) is 0. The maximum Gasteiger partial charge on any atom is 0.230 e. The number of thiazole rings is 1. The van der Waals surface area contributed by atoms with Gasteiger partial charge in [0, 0.05) is 17.8 Å². The van der Waals surface area contributed by atoms with Crippen LogP contribution in [0.1, 0.15) is 5.56 Å². The van der Waals surface area contributed by atoms with Gasteiger partial charge >= 0.3 is 0 Å². The van der Waals surface area contributed by atoms with Gasteiger partial charge in [0.05, 0.1) is 6.42 Å². The smallest absolute Gasteiger partial charge is 0.230 e. The van der Waals surface area contributed by atoms with E-state index in [9.17, 15) is 13.6 Å². The van der Waals surface area contributed by atoms with Crippen LogP contribution in [0.2, 0.25) is 0 Å². The van der Waals surface area contributed by atoms with Gasteiger partial charge in [0.25, 0.3) is 0 Å². The minimum Gasteiger partial charge on any atom is -0.308 e. The lowest BCUT2D eigenvalue weighted by molar-refractivity contribution is -0.115. The zero-order valence-electron chi connectivity index (χ0n) is 13.3. The molecule has 1 aromatic carbocycles. The van der Waals surface area contributed by atoms with E-state index in [-0.39, 0.29) is 18.1 Å². The highest BCUT2D eigenvalue weighted by Crippen LogP contribution is 2.30. The number of benzene rings is 1. The molecule has 0 saturated carbocycles. The van der Waals surface area contributed by atoms with E-state index in [2.05, 4.69) is 15.3 Å². The van der Waals surface area contributed by atoms with E-state index in [4.69, 9.17) is 0 Å². The van der Waals surface area contributed by atoms with Crippen molar-refractivity contribution in [2.45, 2.75) is 6.42 Å². The van der Waals surface area contributed by atoms with Crippen LogP contribution in [0.4, 0.5) is 14.6 Å². The van der Waals surface area contributed by atoms with Crippen molar-refractivity contribution in [2.24, 2.45) is 0 Å². The SMILES string of the molecule is O=C(Cc1ccc(F)cc1)Nc1nc2ccc(F)cn2c1-c1nccs1. The van der Waals surface area contributed by atoms with Gasteiger partial charge in [0.1, 0.15) is 28.0 Å². The molecule has 0 aliphatic rings. The van der Waals surface area contributed by atoms with Crippen LogP contribution in [-0.2, 0) is 11.2 Å². The molecule has 0 unspecified atom stereocenters. The first-order chi connectivity index (χ1) is 12.6. The normalized spacial score (nSPS) is 11.0. The lowest BCUT2D eigenvalue weighted by atomic mass is 10.1. The summed E-state index contributed by atoms with van der Waals surface area (Å²) in [5, 5.41) is 5.15. The number of hydrogen-bond acceptors (Lipinski definition) is 4. The Kier molecular flexibility index (Phi) is 4.18. The Bertz CT molecular complexity index is 1070. The number of nitrogens with one attached hydrogen (secondary N) is 1. The molecule has 3 aromatic heterocycles. The van der Waals surface area contributed by atoms with Gasteiger partial charge in [0.2, 0.25) is 5.91 Å². The summed E-state index contributed by atoms with van der Waals surface area (Å²) in [4.78, 5) is 21.0. The van der Waals surface area contributed by atoms with Gasteiger partial charge < -0.3 is 5.32 Å². The molecule has 0 radical (unpaired) electrons. The van der Waals surface area contributed by atoms with Crippen LogP contribution in [0.15, 0.2) is 54.2 Å². The number of halogens is 2. The van der Waals surface area contributed by atoms with Gasteiger partial charge in [-0.25, -0.2) is 18.7 Å². The molecule has 0 aliphatic heterocycles. The number of amides is 1. The molecule has 0 saturated heterocycles. The van der Waals surface area contributed by atoms with Crippen molar-refractivity contribution >= 4 is 28.7 Å². The van der Waals surface area contributed by atoms with E-state index in [0.29, 0.717) is 27.7 Å². The first-order valence-corrected chi connectivity index (χ1v) is 8.60. The summed E-state index contributed by atoms with van der Waals surface area (Å²) < 4.78 is 28.2. The maximum atomic E-state index is 13.7. The van der Waals surface area contributed by atoms with Crippen molar-refractivity contribution in [3.8, 4) is 10.7 Å². The van der Waals surface area contributed by atoms with Crippen molar-refractivity contribution in [3.63, 3.8) is 0 Å². The fraction of sp³-hybridized carbons (Fsp3) is 0.0556. The summed E-state index contributed by atoms with van der Waals surface area (Å²) in [6.45, 7) is 0. The molecular formula is C18H12F2N4OS. The number of carbonyl (C=O) groups excluding carboxylic acids is 1. The molecular weight excluding hydrogens is 358 g/mol. The number of nitrogens with zero attached hydrogens (tertiary/aromatic N) is 3. The Hall–Kier alpha value is -3.13. The average molecular weight is 370 g/mol. The molecule has 3 heterocycles. The summed E-state index contributed by atoms with van der Waals surface area (Å²) in [5.74, 6) is -0.782. The first-order valence-electron chi connectivity index (χ1n) is 7.72. The lowest BCUT2D eigenvalue weighted by Gasteiger charge is -2.05. The van der Waals surface area contributed by atoms with Crippen LogP contribution in [-0.4, -0.2) is 20.3 Å². The van der Waals surface area contributed by atoms with Gasteiger partial charge in [0.15, 0.2) is 5.82 Å². The van der Waals surface area contributed by atoms with E-state index in [1.807, 2.05) is 0 Å². The predicted octanol–water partition coefficient (Wildman–Crippen LogP) is 3.92. The zero-order chi connectivity index (χ0) is 18.1. The second-order valence-corrected chi connectivity index (χ2v) is 6.47. The predicted molar refractivity (Wildman–Crippen MR) is 95.0 cm³/mol. The minimum absolute atomic E-state index is 0.0693. The molecule has 26 heavy (non-hydrogen) atoms. The minimum atomic E-state index is -0.420. The van der Waals surface area contributed by atoms with Crippen LogP contribution >= 0.6 is 11.3 Å². The molecule has 0 bridgehead atoms. The number of carbonyl (C=O) groups is 1. The van der Waals surface area contributed by atoms with Gasteiger partial charge in [-0.1, -0.05) is 12.1 Å². The van der Waals surface area contributed by atoms with Crippen molar-refractivity contribution in [1.29, 1.82) is 0 Å². The van der Waals surface area contributed by atoms with E-state index in [1.165, 1.54) is 41.8 Å². The standard InChI is InChI=1S/C18H12F2N4OS/c19-12-3-1-11(2-4-12)9-15(25)23-17-16(18-21-7-8-26-18)24-10-13(20)5-6-14(24)22-17/h1-8,10H,9H2,(H,23,25). The van der Waals surface area contributed by atoms with Crippen LogP contribution in [0, 0.1) is 11.6 Å². The average Bonchev–Trinajstić information content (AvgIpc) is 3.24. The largest absolute Gasteiger partial charge is 0.308 e. The second kappa shape index (κ2) is 6.64. The number of fused-ring (bicyclic) bond motifs is 1. The molecule has 4 aromatic rings. The maximum absolute atomic E-state index is 13.7. The van der Waals surface area contributed by atoms with E-state index < -0.39 is 5.82 Å². The summed E-state index contributed by atoms with van der Waals surface area (Å²) in [5.41, 5.74) is 1.69. The fourth-order valence-corrected chi connectivity index (χ4v) is 3.29. The Balaban J connectivity index is 1.68. The van der Waals surface area contributed by atoms with Gasteiger partial charge in [-0.2, -0.15) is 0 Å². The number of hydrogen-bond donors (Lipinski definition) is 1. The number of aromatic nitrogens is 3. The molecule has 130 valence electrons. The Morgan fingerprint density at radius 3 is 2.62 bits per heavy atom. The highest BCUT2D eigenvalue weighted by molar-refractivity contribution is 7.13. The fourth-order valence-electron chi connectivity index (χ4n) is 2.61. The molecule has 0 atom stereocenters. The monoisotopic (exact) mass is 370 g/mol. The topological polar surface area (TPSA) is 59.3 Å². The third kappa shape index (κ3) is 3.18. The van der Waals surface area contributed by atoms with Gasteiger partial charge in [-0.3, -0.25) is 9.20 Å². The molecule has 0 aliphatic carbocycles. The van der Waals surface area contributed by atoms with Crippen LogP contribution in [0.5, 0.6) is 0 Å². The van der Waals surface area contributed by atoms with Crippen molar-refractivity contribution < 1.29 is 13.6 Å². The number of rotatable bonds is 4. The molecule has 5 nitrogen and oxygen atoms in total. The zero-order valence-corrected chi connectivity index (χ0v) is 14.1. The third-order valence-corrected chi connectivity index (χ3v) is 4.53. The molecule has 8 heteroatoms. The van der Waals surface area contributed by atoms with Crippen molar-refractivity contribution in [2.75, 3.05) is 5.32 Å². The highest BCUT2D eigenvalue weighted by atomic mass is 32.1. The number of pyridine rings is 1. The van der Waals surface area contributed by atoms with Crippen molar-refractivity contribution in [3.05, 3.63) is 71.4 Å². The number of anilines is 1. The molecule has 0 fully saturated rings. The molecule has 1 N–H and O–H groups in total. The van der Waals surface area contributed by atoms with E-state index in [0.717, 1.165) is 0 Å². The summed E-state index contributed by atoms with van der Waals surface area (Å²) in [6.07, 6.45) is 3.00. The summed E-state index contributed by atoms with van der Waals surface area (Å²) >= 11 is 1.36. The van der Waals surface area contributed by atoms with Gasteiger partial charge in [-0.05, 0) is 29.8 Å². The van der Waals surface area contributed by atoms with Crippen LogP contribution in [0.3, 0.4) is 0 Å². The Morgan fingerprint density at radius 2 is 1.88 bits per heavy atom. The molecule has 4 rings (SSSR count). The van der Waals surface area contributed by atoms with Crippen LogP contribution < -0.4 is 5.32 Å². The van der Waals surface area contributed by atoms with E-state index in [1.54, 1.807) is 28.1 Å². The van der Waals surface area contributed by atoms with Crippen molar-refractivity contribution in [1.82, 2.24) is 14.4 Å². The number of imidazole rings is 1. The Labute approximate surface area is 151 Å². The Morgan fingerprint density at radius 1 is 1.12 bits per heavy atom.